The van der Waals surface area contributed by atoms with Crippen LogP contribution in [-0.2, 0) is 4.74 Å². The molecule has 20 heavy (non-hydrogen) atoms. The average molecular weight is 274 g/mol. The van der Waals surface area contributed by atoms with Gasteiger partial charge in [0.05, 0.1) is 11.9 Å². The van der Waals surface area contributed by atoms with Gasteiger partial charge in [-0.05, 0) is 25.0 Å². The molecule has 0 amide bonds. The van der Waals surface area contributed by atoms with Crippen molar-refractivity contribution in [2.45, 2.75) is 18.9 Å². The minimum absolute atomic E-state index is 0.307. The second-order valence-corrected chi connectivity index (χ2v) is 4.65. The van der Waals surface area contributed by atoms with Gasteiger partial charge in [-0.3, -0.25) is 4.98 Å². The number of hydrogen-bond donors (Lipinski definition) is 1. The van der Waals surface area contributed by atoms with Gasteiger partial charge >= 0.3 is 0 Å². The Morgan fingerprint density at radius 1 is 1.20 bits per heavy atom. The van der Waals surface area contributed by atoms with Crippen LogP contribution in [0.1, 0.15) is 12.8 Å². The van der Waals surface area contributed by atoms with Crippen molar-refractivity contribution in [1.29, 1.82) is 0 Å². The van der Waals surface area contributed by atoms with Gasteiger partial charge < -0.3 is 10.1 Å². The van der Waals surface area contributed by atoms with Crippen LogP contribution in [0.3, 0.4) is 0 Å². The highest BCUT2D eigenvalue weighted by atomic mass is 19.1. The lowest BCUT2D eigenvalue weighted by molar-refractivity contribution is 0.0903. The molecule has 1 N–H and O–H groups in total. The van der Waals surface area contributed by atoms with Crippen molar-refractivity contribution in [2.75, 3.05) is 18.5 Å². The van der Waals surface area contributed by atoms with E-state index in [1.165, 1.54) is 6.20 Å². The third-order valence-electron chi connectivity index (χ3n) is 3.26. The van der Waals surface area contributed by atoms with Gasteiger partial charge in [-0.25, -0.2) is 14.4 Å². The fourth-order valence-corrected chi connectivity index (χ4v) is 2.19. The summed E-state index contributed by atoms with van der Waals surface area (Å²) in [6.45, 7) is 1.49. The summed E-state index contributed by atoms with van der Waals surface area (Å²) in [7, 11) is 0. The molecular formula is C14H15FN4O. The molecule has 1 aliphatic rings. The minimum atomic E-state index is -0.386. The van der Waals surface area contributed by atoms with E-state index in [-0.39, 0.29) is 5.82 Å². The van der Waals surface area contributed by atoms with Crippen LogP contribution in [-0.4, -0.2) is 34.2 Å². The van der Waals surface area contributed by atoms with E-state index in [9.17, 15) is 4.39 Å². The van der Waals surface area contributed by atoms with Crippen molar-refractivity contribution >= 4 is 5.95 Å². The fraction of sp³-hybridized carbons (Fsp3) is 0.357. The smallest absolute Gasteiger partial charge is 0.223 e. The molecular weight excluding hydrogens is 259 g/mol. The molecule has 0 aromatic carbocycles. The first-order valence-corrected chi connectivity index (χ1v) is 6.60. The molecule has 0 unspecified atom stereocenters. The van der Waals surface area contributed by atoms with Gasteiger partial charge in [-0.1, -0.05) is 0 Å². The molecule has 1 aliphatic heterocycles. The van der Waals surface area contributed by atoms with E-state index >= 15 is 0 Å². The van der Waals surface area contributed by atoms with E-state index in [0.717, 1.165) is 26.1 Å². The molecule has 0 bridgehead atoms. The standard InChI is InChI=1S/C14H15FN4O/c15-12-9-16-5-1-11(12)13-2-6-17-14(19-13)18-10-3-7-20-8-4-10/h1-2,5-6,9-10H,3-4,7-8H2,(H,17,18,19). The van der Waals surface area contributed by atoms with E-state index in [0.29, 0.717) is 23.2 Å². The Bertz CT molecular complexity index is 587. The number of hydrogen-bond acceptors (Lipinski definition) is 5. The minimum Gasteiger partial charge on any atom is -0.381 e. The monoisotopic (exact) mass is 274 g/mol. The van der Waals surface area contributed by atoms with Crippen LogP contribution in [0.2, 0.25) is 0 Å². The summed E-state index contributed by atoms with van der Waals surface area (Å²) in [5, 5.41) is 3.27. The van der Waals surface area contributed by atoms with E-state index < -0.39 is 0 Å². The summed E-state index contributed by atoms with van der Waals surface area (Å²) in [5.41, 5.74) is 0.979. The van der Waals surface area contributed by atoms with Crippen LogP contribution in [0.4, 0.5) is 10.3 Å². The second kappa shape index (κ2) is 5.92. The summed E-state index contributed by atoms with van der Waals surface area (Å²) in [6, 6.07) is 3.60. The maximum Gasteiger partial charge on any atom is 0.223 e. The zero-order chi connectivity index (χ0) is 13.8. The number of pyridine rings is 1. The van der Waals surface area contributed by atoms with Crippen LogP contribution in [0, 0.1) is 5.82 Å². The van der Waals surface area contributed by atoms with E-state index in [1.54, 1.807) is 24.5 Å². The molecule has 0 aliphatic carbocycles. The Balaban J connectivity index is 1.80. The highest BCUT2D eigenvalue weighted by Gasteiger charge is 2.15. The van der Waals surface area contributed by atoms with Gasteiger partial charge in [-0.2, -0.15) is 0 Å². The predicted molar refractivity (Wildman–Crippen MR) is 72.7 cm³/mol. The summed E-state index contributed by atoms with van der Waals surface area (Å²) in [5.74, 6) is 0.133. The molecule has 0 atom stereocenters. The van der Waals surface area contributed by atoms with E-state index in [1.807, 2.05) is 0 Å². The van der Waals surface area contributed by atoms with Crippen LogP contribution in [0.15, 0.2) is 30.7 Å². The van der Waals surface area contributed by atoms with E-state index in [4.69, 9.17) is 4.74 Å². The SMILES string of the molecule is Fc1cnccc1-c1ccnc(NC2CCOCC2)n1. The van der Waals surface area contributed by atoms with Gasteiger partial charge in [0.25, 0.3) is 0 Å². The Morgan fingerprint density at radius 3 is 2.85 bits per heavy atom. The van der Waals surface area contributed by atoms with Crippen LogP contribution in [0.5, 0.6) is 0 Å². The summed E-state index contributed by atoms with van der Waals surface area (Å²) >= 11 is 0. The Hall–Kier alpha value is -2.08. The first-order valence-electron chi connectivity index (χ1n) is 6.60. The summed E-state index contributed by atoms with van der Waals surface area (Å²) < 4.78 is 19.0. The van der Waals surface area contributed by atoms with Crippen molar-refractivity contribution in [3.05, 3.63) is 36.5 Å². The molecule has 1 saturated heterocycles. The molecule has 3 heterocycles. The topological polar surface area (TPSA) is 59.9 Å². The summed E-state index contributed by atoms with van der Waals surface area (Å²) in [4.78, 5) is 12.3. The van der Waals surface area contributed by atoms with Crippen LogP contribution in [0.25, 0.3) is 11.3 Å². The maximum absolute atomic E-state index is 13.7. The lowest BCUT2D eigenvalue weighted by Gasteiger charge is -2.23. The van der Waals surface area contributed by atoms with Gasteiger partial charge in [0.2, 0.25) is 5.95 Å². The van der Waals surface area contributed by atoms with Crippen molar-refractivity contribution in [1.82, 2.24) is 15.0 Å². The number of rotatable bonds is 3. The Kier molecular flexibility index (Phi) is 3.83. The summed E-state index contributed by atoms with van der Waals surface area (Å²) in [6.07, 6.45) is 6.22. The van der Waals surface area contributed by atoms with Crippen molar-refractivity contribution in [3.63, 3.8) is 0 Å². The third-order valence-corrected chi connectivity index (χ3v) is 3.26. The molecule has 0 radical (unpaired) electrons. The number of ether oxygens (including phenoxy) is 1. The Labute approximate surface area is 116 Å². The molecule has 6 heteroatoms. The quantitative estimate of drug-likeness (QED) is 0.930. The van der Waals surface area contributed by atoms with Gasteiger partial charge in [0.1, 0.15) is 0 Å². The highest BCUT2D eigenvalue weighted by Crippen LogP contribution is 2.20. The molecule has 3 rings (SSSR count). The lowest BCUT2D eigenvalue weighted by Crippen LogP contribution is -2.28. The number of anilines is 1. The van der Waals surface area contributed by atoms with E-state index in [2.05, 4.69) is 20.3 Å². The molecule has 2 aromatic heterocycles. The van der Waals surface area contributed by atoms with Crippen molar-refractivity contribution < 1.29 is 9.13 Å². The first kappa shape index (κ1) is 12.9. The Morgan fingerprint density at radius 2 is 2.05 bits per heavy atom. The number of nitrogens with zero attached hydrogens (tertiary/aromatic N) is 3. The lowest BCUT2D eigenvalue weighted by atomic mass is 10.1. The van der Waals surface area contributed by atoms with Gasteiger partial charge in [0, 0.05) is 37.2 Å². The maximum atomic E-state index is 13.7. The highest BCUT2D eigenvalue weighted by molar-refractivity contribution is 5.59. The van der Waals surface area contributed by atoms with Gasteiger partial charge in [0.15, 0.2) is 5.82 Å². The first-order chi connectivity index (χ1) is 9.83. The van der Waals surface area contributed by atoms with Gasteiger partial charge in [-0.15, -0.1) is 0 Å². The average Bonchev–Trinajstić information content (AvgIpc) is 2.49. The largest absolute Gasteiger partial charge is 0.381 e. The molecule has 0 saturated carbocycles. The molecule has 5 nitrogen and oxygen atoms in total. The number of halogens is 1. The molecule has 104 valence electrons. The van der Waals surface area contributed by atoms with Crippen LogP contribution >= 0.6 is 0 Å². The predicted octanol–water partition coefficient (Wildman–Crippen LogP) is 2.27. The molecule has 0 spiro atoms. The fourth-order valence-electron chi connectivity index (χ4n) is 2.19. The third kappa shape index (κ3) is 2.91. The second-order valence-electron chi connectivity index (χ2n) is 4.65. The zero-order valence-corrected chi connectivity index (χ0v) is 10.9. The number of nitrogens with one attached hydrogen (secondary N) is 1. The molecule has 2 aromatic rings. The van der Waals surface area contributed by atoms with Crippen molar-refractivity contribution in [2.24, 2.45) is 0 Å². The number of aromatic nitrogens is 3. The van der Waals surface area contributed by atoms with Crippen molar-refractivity contribution in [3.8, 4) is 11.3 Å². The van der Waals surface area contributed by atoms with Crippen LogP contribution < -0.4 is 5.32 Å². The normalized spacial score (nSPS) is 16.1. The molecule has 1 fully saturated rings. The zero-order valence-electron chi connectivity index (χ0n) is 10.9.